The van der Waals surface area contributed by atoms with Crippen LogP contribution in [0.4, 0.5) is 0 Å². The Kier molecular flexibility index (Phi) is 5.53. The minimum absolute atomic E-state index is 0.100. The Morgan fingerprint density at radius 1 is 1.47 bits per heavy atom. The minimum Gasteiger partial charge on any atom is -0.384 e. The third-order valence-corrected chi connectivity index (χ3v) is 3.95. The summed E-state index contributed by atoms with van der Waals surface area (Å²) in [7, 11) is -3.63. The van der Waals surface area contributed by atoms with Gasteiger partial charge < -0.3 is 5.11 Å². The first-order valence-electron chi connectivity index (χ1n) is 5.56. The van der Waals surface area contributed by atoms with Crippen LogP contribution < -0.4 is 4.72 Å². The van der Waals surface area contributed by atoms with Crippen LogP contribution in [0.5, 0.6) is 0 Å². The smallest absolute Gasteiger partial charge is 0.227 e. The van der Waals surface area contributed by atoms with Crippen molar-refractivity contribution in [1.29, 1.82) is 5.26 Å². The van der Waals surface area contributed by atoms with Crippen LogP contribution >= 0.6 is 0 Å². The molecule has 1 aromatic carbocycles. The van der Waals surface area contributed by atoms with Crippen molar-refractivity contribution in [2.75, 3.05) is 6.61 Å². The Balaban J connectivity index is 2.77. The van der Waals surface area contributed by atoms with E-state index in [-0.39, 0.29) is 13.2 Å². The molecule has 0 heterocycles. The van der Waals surface area contributed by atoms with Gasteiger partial charge in [0.1, 0.15) is 6.61 Å². The SMILES string of the molecule is CC(C#N)S(=O)(=O)NCc1cccc(C#CCO)c1. The molecular formula is C13H14N2O3S. The van der Waals surface area contributed by atoms with Gasteiger partial charge in [-0.05, 0) is 24.6 Å². The van der Waals surface area contributed by atoms with E-state index in [4.69, 9.17) is 10.4 Å². The monoisotopic (exact) mass is 278 g/mol. The normalized spacial score (nSPS) is 12.1. The molecule has 1 aromatic rings. The zero-order valence-electron chi connectivity index (χ0n) is 10.4. The second-order valence-electron chi connectivity index (χ2n) is 3.80. The predicted octanol–water partition coefficient (Wildman–Crippen LogP) is 0.362. The Hall–Kier alpha value is -1.86. The van der Waals surface area contributed by atoms with Crippen LogP contribution in [-0.4, -0.2) is 25.4 Å². The van der Waals surface area contributed by atoms with E-state index >= 15 is 0 Å². The first-order valence-corrected chi connectivity index (χ1v) is 7.11. The maximum atomic E-state index is 11.6. The summed E-state index contributed by atoms with van der Waals surface area (Å²) in [6.07, 6.45) is 0. The van der Waals surface area contributed by atoms with Crippen molar-refractivity contribution in [3.8, 4) is 17.9 Å². The number of nitrogens with zero attached hydrogens (tertiary/aromatic N) is 1. The molecule has 1 atom stereocenters. The van der Waals surface area contributed by atoms with Crippen LogP contribution in [-0.2, 0) is 16.6 Å². The van der Waals surface area contributed by atoms with Crippen molar-refractivity contribution in [2.24, 2.45) is 0 Å². The highest BCUT2D eigenvalue weighted by molar-refractivity contribution is 7.90. The molecule has 6 heteroatoms. The van der Waals surface area contributed by atoms with Gasteiger partial charge in [0.15, 0.2) is 5.25 Å². The maximum Gasteiger partial charge on any atom is 0.227 e. The summed E-state index contributed by atoms with van der Waals surface area (Å²) >= 11 is 0. The van der Waals surface area contributed by atoms with Crippen LogP contribution in [0.2, 0.25) is 0 Å². The summed E-state index contributed by atoms with van der Waals surface area (Å²) in [5, 5.41) is 16.1. The molecule has 19 heavy (non-hydrogen) atoms. The van der Waals surface area contributed by atoms with Crippen LogP contribution in [0.25, 0.3) is 0 Å². The lowest BCUT2D eigenvalue weighted by Crippen LogP contribution is -2.31. The number of aliphatic hydroxyl groups is 1. The molecule has 0 fully saturated rings. The molecule has 0 radical (unpaired) electrons. The van der Waals surface area contributed by atoms with Crippen LogP contribution in [0.1, 0.15) is 18.1 Å². The maximum absolute atomic E-state index is 11.6. The van der Waals surface area contributed by atoms with Gasteiger partial charge in [-0.15, -0.1) is 0 Å². The fourth-order valence-electron chi connectivity index (χ4n) is 1.28. The van der Waals surface area contributed by atoms with Crippen molar-refractivity contribution in [3.05, 3.63) is 35.4 Å². The van der Waals surface area contributed by atoms with E-state index < -0.39 is 15.3 Å². The van der Waals surface area contributed by atoms with E-state index in [1.54, 1.807) is 30.3 Å². The second kappa shape index (κ2) is 6.91. The van der Waals surface area contributed by atoms with Crippen molar-refractivity contribution in [3.63, 3.8) is 0 Å². The number of nitriles is 1. The Bertz CT molecular complexity index is 636. The molecule has 0 bridgehead atoms. The zero-order valence-corrected chi connectivity index (χ0v) is 11.2. The largest absolute Gasteiger partial charge is 0.384 e. The molecule has 1 rings (SSSR count). The van der Waals surface area contributed by atoms with E-state index in [2.05, 4.69) is 16.6 Å². The van der Waals surface area contributed by atoms with Gasteiger partial charge in [-0.3, -0.25) is 0 Å². The minimum atomic E-state index is -3.63. The average Bonchev–Trinajstić information content (AvgIpc) is 2.42. The standard InChI is InChI=1S/C13H14N2O3S/c1-11(9-14)19(17,18)15-10-13-5-2-4-12(8-13)6-3-7-16/h2,4-5,8,11,15-16H,7,10H2,1H3. The van der Waals surface area contributed by atoms with Gasteiger partial charge in [0, 0.05) is 12.1 Å². The molecule has 0 saturated carbocycles. The summed E-state index contributed by atoms with van der Waals surface area (Å²) in [5.74, 6) is 5.25. The molecule has 100 valence electrons. The van der Waals surface area contributed by atoms with Crippen molar-refractivity contribution in [2.45, 2.75) is 18.7 Å². The quantitative estimate of drug-likeness (QED) is 0.778. The Labute approximate surface area is 112 Å². The zero-order chi connectivity index (χ0) is 14.3. The summed E-state index contributed by atoms with van der Waals surface area (Å²) in [6.45, 7) is 1.20. The summed E-state index contributed by atoms with van der Waals surface area (Å²) in [4.78, 5) is 0. The number of hydrogen-bond acceptors (Lipinski definition) is 4. The molecule has 0 spiro atoms. The number of benzene rings is 1. The number of rotatable bonds is 4. The molecule has 0 aliphatic heterocycles. The van der Waals surface area contributed by atoms with Crippen LogP contribution in [0.15, 0.2) is 24.3 Å². The summed E-state index contributed by atoms with van der Waals surface area (Å²) in [6, 6.07) is 8.67. The number of sulfonamides is 1. The number of nitrogens with one attached hydrogen (secondary N) is 1. The predicted molar refractivity (Wildman–Crippen MR) is 71.2 cm³/mol. The lowest BCUT2D eigenvalue weighted by atomic mass is 10.1. The summed E-state index contributed by atoms with van der Waals surface area (Å²) < 4.78 is 25.6. The van der Waals surface area contributed by atoms with E-state index in [1.165, 1.54) is 6.92 Å². The second-order valence-corrected chi connectivity index (χ2v) is 5.88. The van der Waals surface area contributed by atoms with E-state index in [0.29, 0.717) is 5.56 Å². The fourth-order valence-corrected chi connectivity index (χ4v) is 2.04. The van der Waals surface area contributed by atoms with Crippen molar-refractivity contribution >= 4 is 10.0 Å². The molecular weight excluding hydrogens is 264 g/mol. The number of hydrogen-bond donors (Lipinski definition) is 2. The molecule has 0 saturated heterocycles. The first-order chi connectivity index (χ1) is 8.99. The van der Waals surface area contributed by atoms with Crippen LogP contribution in [0.3, 0.4) is 0 Å². The lowest BCUT2D eigenvalue weighted by molar-refractivity contribution is 0.350. The summed E-state index contributed by atoms with van der Waals surface area (Å²) in [5.41, 5.74) is 1.43. The van der Waals surface area contributed by atoms with Gasteiger partial charge in [0.05, 0.1) is 6.07 Å². The molecule has 1 unspecified atom stereocenters. The highest BCUT2D eigenvalue weighted by Gasteiger charge is 2.19. The third-order valence-electron chi connectivity index (χ3n) is 2.36. The molecule has 0 aliphatic rings. The van der Waals surface area contributed by atoms with Gasteiger partial charge in [0.25, 0.3) is 0 Å². The molecule has 0 amide bonds. The van der Waals surface area contributed by atoms with Gasteiger partial charge >= 0.3 is 0 Å². The Morgan fingerprint density at radius 2 is 2.21 bits per heavy atom. The molecule has 0 aromatic heterocycles. The van der Waals surface area contributed by atoms with Crippen LogP contribution in [0, 0.1) is 23.2 Å². The van der Waals surface area contributed by atoms with E-state index in [0.717, 1.165) is 5.56 Å². The van der Waals surface area contributed by atoms with Crippen molar-refractivity contribution in [1.82, 2.24) is 4.72 Å². The highest BCUT2D eigenvalue weighted by Crippen LogP contribution is 2.05. The molecule has 2 N–H and O–H groups in total. The highest BCUT2D eigenvalue weighted by atomic mass is 32.2. The number of aliphatic hydroxyl groups excluding tert-OH is 1. The molecule has 5 nitrogen and oxygen atoms in total. The van der Waals surface area contributed by atoms with E-state index in [9.17, 15) is 8.42 Å². The Morgan fingerprint density at radius 3 is 2.84 bits per heavy atom. The molecule has 0 aliphatic carbocycles. The average molecular weight is 278 g/mol. The lowest BCUT2D eigenvalue weighted by Gasteiger charge is -2.08. The van der Waals surface area contributed by atoms with Crippen molar-refractivity contribution < 1.29 is 13.5 Å². The topological polar surface area (TPSA) is 90.2 Å². The van der Waals surface area contributed by atoms with Gasteiger partial charge in [-0.1, -0.05) is 24.0 Å². The fraction of sp³-hybridized carbons (Fsp3) is 0.308. The first kappa shape index (κ1) is 15.2. The van der Waals surface area contributed by atoms with E-state index in [1.807, 2.05) is 0 Å². The van der Waals surface area contributed by atoms with Gasteiger partial charge in [0.2, 0.25) is 10.0 Å². The van der Waals surface area contributed by atoms with Gasteiger partial charge in [-0.2, -0.15) is 5.26 Å². The van der Waals surface area contributed by atoms with Gasteiger partial charge in [-0.25, -0.2) is 13.1 Å². The third kappa shape index (κ3) is 4.72.